The zero-order valence-electron chi connectivity index (χ0n) is 12.4. The molecule has 0 N–H and O–H groups in total. The first kappa shape index (κ1) is 16.1. The van der Waals surface area contributed by atoms with Crippen LogP contribution in [0.3, 0.4) is 0 Å². The second-order valence-corrected chi connectivity index (χ2v) is 4.69. The molecule has 1 rings (SSSR count). The summed E-state index contributed by atoms with van der Waals surface area (Å²) in [5, 5.41) is 0. The largest absolute Gasteiger partial charge is 0.342 e. The van der Waals surface area contributed by atoms with Crippen LogP contribution in [0, 0.1) is 12.7 Å². The van der Waals surface area contributed by atoms with Crippen LogP contribution in [0.4, 0.5) is 4.39 Å². The predicted octanol–water partition coefficient (Wildman–Crippen LogP) is 2.07. The molecule has 0 aliphatic heterocycles. The van der Waals surface area contributed by atoms with E-state index in [-0.39, 0.29) is 24.2 Å². The normalized spacial score (nSPS) is 10.2. The number of carbonyl (C=O) groups excluding carboxylic acids is 2. The minimum Gasteiger partial charge on any atom is -0.342 e. The Bertz CT molecular complexity index is 499. The summed E-state index contributed by atoms with van der Waals surface area (Å²) in [7, 11) is 1.58. The highest BCUT2D eigenvalue weighted by atomic mass is 19.1. The Morgan fingerprint density at radius 3 is 2.30 bits per heavy atom. The van der Waals surface area contributed by atoms with E-state index in [1.54, 1.807) is 18.9 Å². The Balaban J connectivity index is 2.79. The molecule has 0 heterocycles. The van der Waals surface area contributed by atoms with Gasteiger partial charge in [-0.05, 0) is 44.5 Å². The molecule has 2 amide bonds. The maximum Gasteiger partial charge on any atom is 0.254 e. The molecule has 1 aromatic rings. The summed E-state index contributed by atoms with van der Waals surface area (Å²) in [5.41, 5.74) is 0.985. The van der Waals surface area contributed by atoms with Crippen LogP contribution in [0.2, 0.25) is 0 Å². The lowest BCUT2D eigenvalue weighted by molar-refractivity contribution is -0.131. The van der Waals surface area contributed by atoms with E-state index in [0.717, 1.165) is 0 Å². The van der Waals surface area contributed by atoms with E-state index in [4.69, 9.17) is 0 Å². The molecule has 0 unspecified atom stereocenters. The van der Waals surface area contributed by atoms with Crippen molar-refractivity contribution in [1.82, 2.24) is 9.80 Å². The topological polar surface area (TPSA) is 40.6 Å². The Morgan fingerprint density at radius 1 is 1.20 bits per heavy atom. The number of amides is 2. The van der Waals surface area contributed by atoms with Gasteiger partial charge >= 0.3 is 0 Å². The van der Waals surface area contributed by atoms with Crippen molar-refractivity contribution in [2.75, 3.05) is 26.7 Å². The predicted molar refractivity (Wildman–Crippen MR) is 76.0 cm³/mol. The lowest BCUT2D eigenvalue weighted by atomic mass is 10.1. The highest BCUT2D eigenvalue weighted by molar-refractivity contribution is 5.97. The van der Waals surface area contributed by atoms with Gasteiger partial charge in [-0.25, -0.2) is 4.39 Å². The Labute approximate surface area is 119 Å². The molecule has 0 aliphatic carbocycles. The lowest BCUT2D eigenvalue weighted by Crippen LogP contribution is -2.41. The van der Waals surface area contributed by atoms with Crippen molar-refractivity contribution in [3.05, 3.63) is 35.1 Å². The van der Waals surface area contributed by atoms with Crippen LogP contribution < -0.4 is 0 Å². The number of likely N-dealkylation sites (N-methyl/N-ethyl adjacent to an activating group) is 2. The van der Waals surface area contributed by atoms with Crippen molar-refractivity contribution in [2.24, 2.45) is 0 Å². The summed E-state index contributed by atoms with van der Waals surface area (Å²) in [6.45, 7) is 6.73. The van der Waals surface area contributed by atoms with Crippen LogP contribution in [0.25, 0.3) is 0 Å². The first-order valence-corrected chi connectivity index (χ1v) is 6.70. The Kier molecular flexibility index (Phi) is 5.67. The Morgan fingerprint density at radius 2 is 1.80 bits per heavy atom. The number of hydrogen-bond donors (Lipinski definition) is 0. The third-order valence-corrected chi connectivity index (χ3v) is 3.25. The number of benzene rings is 1. The highest BCUT2D eigenvalue weighted by Crippen LogP contribution is 2.12. The van der Waals surface area contributed by atoms with E-state index >= 15 is 0 Å². The van der Waals surface area contributed by atoms with E-state index in [9.17, 15) is 14.0 Å². The summed E-state index contributed by atoms with van der Waals surface area (Å²) >= 11 is 0. The van der Waals surface area contributed by atoms with Crippen molar-refractivity contribution >= 4 is 11.8 Å². The number of aryl methyl sites for hydroxylation is 1. The fraction of sp³-hybridized carbons (Fsp3) is 0.467. The van der Waals surface area contributed by atoms with Crippen molar-refractivity contribution in [3.8, 4) is 0 Å². The Hall–Kier alpha value is -1.91. The molecule has 0 radical (unpaired) electrons. The fourth-order valence-corrected chi connectivity index (χ4v) is 2.02. The average molecular weight is 280 g/mol. The highest BCUT2D eigenvalue weighted by Gasteiger charge is 2.19. The number of nitrogens with zero attached hydrogens (tertiary/aromatic N) is 2. The smallest absolute Gasteiger partial charge is 0.254 e. The van der Waals surface area contributed by atoms with Crippen LogP contribution in [-0.4, -0.2) is 48.3 Å². The molecular formula is C15H21FN2O2. The van der Waals surface area contributed by atoms with Gasteiger partial charge in [0, 0.05) is 25.7 Å². The van der Waals surface area contributed by atoms with Crippen LogP contribution in [-0.2, 0) is 4.79 Å². The molecule has 0 saturated carbocycles. The molecule has 0 bridgehead atoms. The van der Waals surface area contributed by atoms with E-state index in [2.05, 4.69) is 0 Å². The minimum absolute atomic E-state index is 0.0251. The maximum absolute atomic E-state index is 13.0. The first-order valence-electron chi connectivity index (χ1n) is 6.70. The van der Waals surface area contributed by atoms with Gasteiger partial charge in [0.15, 0.2) is 0 Å². The van der Waals surface area contributed by atoms with Gasteiger partial charge in [-0.1, -0.05) is 0 Å². The summed E-state index contributed by atoms with van der Waals surface area (Å²) in [6, 6.07) is 4.01. The van der Waals surface area contributed by atoms with E-state index in [0.29, 0.717) is 24.2 Å². The maximum atomic E-state index is 13.0. The van der Waals surface area contributed by atoms with Gasteiger partial charge in [0.1, 0.15) is 5.82 Å². The van der Waals surface area contributed by atoms with Crippen molar-refractivity contribution in [1.29, 1.82) is 0 Å². The lowest BCUT2D eigenvalue weighted by Gasteiger charge is -2.23. The van der Waals surface area contributed by atoms with Gasteiger partial charge in [0.05, 0.1) is 6.54 Å². The molecule has 0 atom stereocenters. The zero-order chi connectivity index (χ0) is 15.3. The molecular weight excluding hydrogens is 259 g/mol. The molecule has 0 saturated heterocycles. The van der Waals surface area contributed by atoms with Gasteiger partial charge < -0.3 is 9.80 Å². The third kappa shape index (κ3) is 3.79. The van der Waals surface area contributed by atoms with Crippen molar-refractivity contribution < 1.29 is 14.0 Å². The standard InChI is InChI=1S/C15H21FN2O2/c1-5-18(6-2)14(19)10-17(4)15(20)13-8-7-12(16)9-11(13)3/h7-9H,5-6,10H2,1-4H3. The van der Waals surface area contributed by atoms with Gasteiger partial charge in [0.2, 0.25) is 5.91 Å². The van der Waals surface area contributed by atoms with E-state index < -0.39 is 0 Å². The summed E-state index contributed by atoms with van der Waals surface area (Å²) < 4.78 is 13.0. The minimum atomic E-state index is -0.374. The van der Waals surface area contributed by atoms with Crippen LogP contribution in [0.1, 0.15) is 29.8 Å². The third-order valence-electron chi connectivity index (χ3n) is 3.25. The SMILES string of the molecule is CCN(CC)C(=O)CN(C)C(=O)c1ccc(F)cc1C. The second kappa shape index (κ2) is 7.03. The molecule has 0 spiro atoms. The monoisotopic (exact) mass is 280 g/mol. The van der Waals surface area contributed by atoms with Gasteiger partial charge in [-0.15, -0.1) is 0 Å². The van der Waals surface area contributed by atoms with Crippen molar-refractivity contribution in [2.45, 2.75) is 20.8 Å². The number of hydrogen-bond acceptors (Lipinski definition) is 2. The number of rotatable bonds is 5. The summed E-state index contributed by atoms with van der Waals surface area (Å²) in [4.78, 5) is 27.2. The molecule has 0 aromatic heterocycles. The van der Waals surface area contributed by atoms with Gasteiger partial charge in [-0.2, -0.15) is 0 Å². The zero-order valence-corrected chi connectivity index (χ0v) is 12.4. The summed E-state index contributed by atoms with van der Waals surface area (Å²) in [6.07, 6.45) is 0. The number of carbonyl (C=O) groups is 2. The fourth-order valence-electron chi connectivity index (χ4n) is 2.02. The molecule has 4 nitrogen and oxygen atoms in total. The van der Waals surface area contributed by atoms with E-state index in [1.165, 1.54) is 23.1 Å². The van der Waals surface area contributed by atoms with Crippen LogP contribution in [0.5, 0.6) is 0 Å². The molecule has 5 heteroatoms. The van der Waals surface area contributed by atoms with Crippen LogP contribution in [0.15, 0.2) is 18.2 Å². The molecule has 0 aliphatic rings. The van der Waals surface area contributed by atoms with Crippen LogP contribution >= 0.6 is 0 Å². The van der Waals surface area contributed by atoms with Gasteiger partial charge in [-0.3, -0.25) is 9.59 Å². The van der Waals surface area contributed by atoms with Gasteiger partial charge in [0.25, 0.3) is 5.91 Å². The average Bonchev–Trinajstić information content (AvgIpc) is 2.39. The molecule has 1 aromatic carbocycles. The molecule has 20 heavy (non-hydrogen) atoms. The van der Waals surface area contributed by atoms with Crippen molar-refractivity contribution in [3.63, 3.8) is 0 Å². The molecule has 110 valence electrons. The first-order chi connectivity index (χ1) is 9.40. The van der Waals surface area contributed by atoms with E-state index in [1.807, 2.05) is 13.8 Å². The summed E-state index contributed by atoms with van der Waals surface area (Å²) in [5.74, 6) is -0.741. The number of halogens is 1. The molecule has 0 fully saturated rings. The second-order valence-electron chi connectivity index (χ2n) is 4.69. The quantitative estimate of drug-likeness (QED) is 0.828.